The third-order valence-electron chi connectivity index (χ3n) is 3.01. The highest BCUT2D eigenvalue weighted by molar-refractivity contribution is 7.13. The van der Waals surface area contributed by atoms with Gasteiger partial charge in [0.2, 0.25) is 0 Å². The van der Waals surface area contributed by atoms with Crippen molar-refractivity contribution >= 4 is 34.3 Å². The Morgan fingerprint density at radius 1 is 1.20 bits per heavy atom. The lowest BCUT2D eigenvalue weighted by atomic mass is 10.2. The second-order valence-electron chi connectivity index (χ2n) is 4.72. The van der Waals surface area contributed by atoms with Crippen molar-refractivity contribution in [3.8, 4) is 5.75 Å². The van der Waals surface area contributed by atoms with E-state index in [1.807, 2.05) is 0 Å². The Morgan fingerprint density at radius 3 is 2.68 bits per heavy atom. The highest BCUT2D eigenvalue weighted by Crippen LogP contribution is 2.18. The van der Waals surface area contributed by atoms with Gasteiger partial charge >= 0.3 is 11.9 Å². The van der Waals surface area contributed by atoms with Crippen LogP contribution in [0, 0.1) is 0 Å². The second-order valence-corrected chi connectivity index (χ2v) is 5.58. The SMILES string of the molecule is COC(=O)Cc1csc(NC(=O)COC(=O)c2ccccc2OC)n1. The summed E-state index contributed by atoms with van der Waals surface area (Å²) in [4.78, 5) is 39.1. The molecule has 132 valence electrons. The average Bonchev–Trinajstić information content (AvgIpc) is 3.06. The molecule has 1 aromatic carbocycles. The molecule has 0 unspecified atom stereocenters. The number of thiazole rings is 1. The third kappa shape index (κ3) is 5.28. The molecule has 8 nitrogen and oxygen atoms in total. The fraction of sp³-hybridized carbons (Fsp3) is 0.250. The smallest absolute Gasteiger partial charge is 0.342 e. The first-order chi connectivity index (χ1) is 12.0. The zero-order valence-corrected chi connectivity index (χ0v) is 14.4. The zero-order valence-electron chi connectivity index (χ0n) is 13.6. The van der Waals surface area contributed by atoms with Crippen LogP contribution >= 0.6 is 11.3 Å². The van der Waals surface area contributed by atoms with Crippen LogP contribution in [-0.4, -0.2) is 43.7 Å². The summed E-state index contributed by atoms with van der Waals surface area (Å²) in [6.07, 6.45) is 0.0195. The molecular formula is C16H16N2O6S. The normalized spacial score (nSPS) is 10.0. The Bertz CT molecular complexity index is 773. The van der Waals surface area contributed by atoms with E-state index < -0.39 is 24.5 Å². The van der Waals surface area contributed by atoms with Crippen LogP contribution < -0.4 is 10.1 Å². The van der Waals surface area contributed by atoms with Crippen LogP contribution in [0.15, 0.2) is 29.6 Å². The minimum atomic E-state index is -0.668. The van der Waals surface area contributed by atoms with Crippen LogP contribution in [0.3, 0.4) is 0 Å². The summed E-state index contributed by atoms with van der Waals surface area (Å²) in [7, 11) is 2.72. The number of hydrogen-bond acceptors (Lipinski definition) is 8. The van der Waals surface area contributed by atoms with Crippen molar-refractivity contribution in [2.45, 2.75) is 6.42 Å². The minimum absolute atomic E-state index is 0.0195. The highest BCUT2D eigenvalue weighted by Gasteiger charge is 2.15. The van der Waals surface area contributed by atoms with Gasteiger partial charge in [0, 0.05) is 5.38 Å². The summed E-state index contributed by atoms with van der Waals surface area (Å²) in [6.45, 7) is -0.469. The largest absolute Gasteiger partial charge is 0.496 e. The first-order valence-corrected chi connectivity index (χ1v) is 8.02. The number of nitrogens with one attached hydrogen (secondary N) is 1. The van der Waals surface area contributed by atoms with Gasteiger partial charge in [0.25, 0.3) is 5.91 Å². The van der Waals surface area contributed by atoms with Crippen molar-refractivity contribution < 1.29 is 28.6 Å². The number of amides is 1. The molecule has 2 aromatic rings. The highest BCUT2D eigenvalue weighted by atomic mass is 32.1. The number of hydrogen-bond donors (Lipinski definition) is 1. The summed E-state index contributed by atoms with van der Waals surface area (Å²) in [5.74, 6) is -1.27. The number of benzene rings is 1. The van der Waals surface area contributed by atoms with Gasteiger partial charge in [-0.05, 0) is 12.1 Å². The van der Waals surface area contributed by atoms with Gasteiger partial charge in [0.15, 0.2) is 11.7 Å². The van der Waals surface area contributed by atoms with E-state index >= 15 is 0 Å². The van der Waals surface area contributed by atoms with Gasteiger partial charge in [-0.3, -0.25) is 14.9 Å². The van der Waals surface area contributed by atoms with Gasteiger partial charge in [0.1, 0.15) is 11.3 Å². The first kappa shape index (κ1) is 18.4. The molecule has 0 bridgehead atoms. The van der Waals surface area contributed by atoms with Crippen LogP contribution in [-0.2, 0) is 25.5 Å². The number of carbonyl (C=O) groups excluding carboxylic acids is 3. The van der Waals surface area contributed by atoms with E-state index in [-0.39, 0.29) is 12.0 Å². The topological polar surface area (TPSA) is 104 Å². The van der Waals surface area contributed by atoms with E-state index in [1.165, 1.54) is 14.2 Å². The van der Waals surface area contributed by atoms with Gasteiger partial charge in [-0.1, -0.05) is 12.1 Å². The van der Waals surface area contributed by atoms with Crippen molar-refractivity contribution in [1.82, 2.24) is 4.98 Å². The van der Waals surface area contributed by atoms with Gasteiger partial charge in [-0.2, -0.15) is 0 Å². The molecule has 1 amide bonds. The molecule has 1 aromatic heterocycles. The Kier molecular flexibility index (Phi) is 6.47. The monoisotopic (exact) mass is 364 g/mol. The zero-order chi connectivity index (χ0) is 18.2. The van der Waals surface area contributed by atoms with Gasteiger partial charge in [-0.25, -0.2) is 9.78 Å². The lowest BCUT2D eigenvalue weighted by Crippen LogP contribution is -2.21. The number of esters is 2. The van der Waals surface area contributed by atoms with Crippen LogP contribution in [0.1, 0.15) is 16.1 Å². The van der Waals surface area contributed by atoms with Crippen molar-refractivity contribution in [2.75, 3.05) is 26.1 Å². The molecule has 25 heavy (non-hydrogen) atoms. The summed E-state index contributed by atoms with van der Waals surface area (Å²) < 4.78 is 14.6. The molecule has 0 atom stereocenters. The molecule has 0 saturated heterocycles. The van der Waals surface area contributed by atoms with Crippen LogP contribution in [0.4, 0.5) is 5.13 Å². The van der Waals surface area contributed by atoms with Gasteiger partial charge < -0.3 is 14.2 Å². The maximum Gasteiger partial charge on any atom is 0.342 e. The Balaban J connectivity index is 1.86. The van der Waals surface area contributed by atoms with Crippen molar-refractivity contribution in [3.63, 3.8) is 0 Å². The molecule has 0 aliphatic heterocycles. The molecule has 9 heteroatoms. The van der Waals surface area contributed by atoms with Gasteiger partial charge in [0.05, 0.1) is 26.3 Å². The van der Waals surface area contributed by atoms with Crippen molar-refractivity contribution in [2.24, 2.45) is 0 Å². The summed E-state index contributed by atoms with van der Waals surface area (Å²) in [5.41, 5.74) is 0.713. The van der Waals surface area contributed by atoms with E-state index in [2.05, 4.69) is 15.0 Å². The van der Waals surface area contributed by atoms with E-state index in [0.29, 0.717) is 16.6 Å². The fourth-order valence-electron chi connectivity index (χ4n) is 1.84. The summed E-state index contributed by atoms with van der Waals surface area (Å²) in [5, 5.41) is 4.43. The van der Waals surface area contributed by atoms with Crippen molar-refractivity contribution in [3.05, 3.63) is 40.9 Å². The Labute approximate surface area is 147 Å². The number of carbonyl (C=O) groups is 3. The van der Waals surface area contributed by atoms with E-state index in [0.717, 1.165) is 11.3 Å². The molecule has 1 heterocycles. The number of aromatic nitrogens is 1. The number of methoxy groups -OCH3 is 2. The third-order valence-corrected chi connectivity index (χ3v) is 3.82. The minimum Gasteiger partial charge on any atom is -0.496 e. The number of para-hydroxylation sites is 1. The maximum absolute atomic E-state index is 12.0. The summed E-state index contributed by atoms with van der Waals surface area (Å²) >= 11 is 1.16. The molecule has 0 spiro atoms. The van der Waals surface area contributed by atoms with Crippen LogP contribution in [0.2, 0.25) is 0 Å². The summed E-state index contributed by atoms with van der Waals surface area (Å²) in [6, 6.07) is 6.54. The van der Waals surface area contributed by atoms with Gasteiger partial charge in [-0.15, -0.1) is 11.3 Å². The molecule has 0 saturated carbocycles. The molecule has 2 rings (SSSR count). The average molecular weight is 364 g/mol. The molecule has 0 aliphatic carbocycles. The van der Waals surface area contributed by atoms with Crippen LogP contribution in [0.25, 0.3) is 0 Å². The number of ether oxygens (including phenoxy) is 3. The number of nitrogens with zero attached hydrogens (tertiary/aromatic N) is 1. The Morgan fingerprint density at radius 2 is 1.96 bits per heavy atom. The first-order valence-electron chi connectivity index (χ1n) is 7.14. The molecule has 0 radical (unpaired) electrons. The Hall–Kier alpha value is -2.94. The maximum atomic E-state index is 12.0. The molecule has 0 fully saturated rings. The number of rotatable bonds is 7. The van der Waals surface area contributed by atoms with Crippen LogP contribution in [0.5, 0.6) is 5.75 Å². The van der Waals surface area contributed by atoms with E-state index in [4.69, 9.17) is 9.47 Å². The predicted molar refractivity (Wildman–Crippen MR) is 89.7 cm³/mol. The predicted octanol–water partition coefficient (Wildman–Crippen LogP) is 1.66. The standard InChI is InChI=1S/C16H16N2O6S/c1-22-12-6-4-3-5-11(12)15(21)24-8-13(19)18-16-17-10(9-25-16)7-14(20)23-2/h3-6,9H,7-8H2,1-2H3,(H,17,18,19). The van der Waals surface area contributed by atoms with Crippen molar-refractivity contribution in [1.29, 1.82) is 0 Å². The van der Waals surface area contributed by atoms with E-state index in [9.17, 15) is 14.4 Å². The quantitative estimate of drug-likeness (QED) is 0.745. The lowest BCUT2D eigenvalue weighted by Gasteiger charge is -2.08. The number of anilines is 1. The van der Waals surface area contributed by atoms with E-state index in [1.54, 1.807) is 29.6 Å². The second kappa shape index (κ2) is 8.78. The fourth-order valence-corrected chi connectivity index (χ4v) is 2.57. The molecule has 0 aliphatic rings. The molecule has 1 N–H and O–H groups in total. The lowest BCUT2D eigenvalue weighted by molar-refractivity contribution is -0.139. The molecular weight excluding hydrogens is 348 g/mol.